The molecule has 0 aliphatic carbocycles. The number of benzene rings is 1. The van der Waals surface area contributed by atoms with Gasteiger partial charge in [-0.15, -0.1) is 0 Å². The van der Waals surface area contributed by atoms with Gasteiger partial charge < -0.3 is 20.1 Å². The van der Waals surface area contributed by atoms with E-state index in [1.165, 1.54) is 5.56 Å². The highest BCUT2D eigenvalue weighted by Crippen LogP contribution is 2.13. The van der Waals surface area contributed by atoms with E-state index in [0.717, 1.165) is 70.4 Å². The molecule has 26 heavy (non-hydrogen) atoms. The highest BCUT2D eigenvalue weighted by atomic mass is 16.5. The predicted molar refractivity (Wildman–Crippen MR) is 110 cm³/mol. The molecule has 0 unspecified atom stereocenters. The summed E-state index contributed by atoms with van der Waals surface area (Å²) in [6.45, 7) is 13.3. The topological polar surface area (TPSA) is 54.9 Å². The van der Waals surface area contributed by atoms with Crippen molar-refractivity contribution in [3.05, 3.63) is 29.8 Å². The molecule has 0 radical (unpaired) electrons. The van der Waals surface area contributed by atoms with E-state index >= 15 is 0 Å². The van der Waals surface area contributed by atoms with Crippen LogP contribution in [0.4, 0.5) is 0 Å². The van der Waals surface area contributed by atoms with Crippen LogP contribution in [-0.2, 0) is 11.2 Å². The van der Waals surface area contributed by atoms with Crippen LogP contribution in [0.15, 0.2) is 29.3 Å². The highest BCUT2D eigenvalue weighted by molar-refractivity contribution is 5.79. The molecule has 0 aliphatic rings. The third-order valence-corrected chi connectivity index (χ3v) is 3.73. The molecule has 1 aromatic rings. The van der Waals surface area contributed by atoms with Crippen LogP contribution in [0.5, 0.6) is 5.75 Å². The van der Waals surface area contributed by atoms with Crippen molar-refractivity contribution in [3.63, 3.8) is 0 Å². The molecule has 0 spiro atoms. The molecule has 0 saturated heterocycles. The van der Waals surface area contributed by atoms with Crippen LogP contribution < -0.4 is 15.4 Å². The van der Waals surface area contributed by atoms with E-state index in [2.05, 4.69) is 60.7 Å². The van der Waals surface area contributed by atoms with Gasteiger partial charge in [0.1, 0.15) is 5.75 Å². The average Bonchev–Trinajstić information content (AvgIpc) is 2.63. The Bertz CT molecular complexity index is 487. The Morgan fingerprint density at radius 1 is 1.08 bits per heavy atom. The third-order valence-electron chi connectivity index (χ3n) is 3.73. The second kappa shape index (κ2) is 14.4. The van der Waals surface area contributed by atoms with Crippen LogP contribution in [0.1, 0.15) is 46.1 Å². The van der Waals surface area contributed by atoms with Gasteiger partial charge in [-0.2, -0.15) is 0 Å². The standard InChI is InChI=1S/C21H37N3O2/c1-5-22-21(23-14-7-8-16-25-6-2)24-15-13-19-9-11-20(12-10-19)26-17-18(3)4/h9-12,18H,5-8,13-17H2,1-4H3,(H2,22,23,24). The second-order valence-corrected chi connectivity index (χ2v) is 6.69. The SMILES string of the molecule is CCNC(=NCCCCOCC)NCCc1ccc(OCC(C)C)cc1. The van der Waals surface area contributed by atoms with Gasteiger partial charge in [-0.05, 0) is 56.7 Å². The molecule has 0 heterocycles. The van der Waals surface area contributed by atoms with E-state index in [1.807, 2.05) is 6.92 Å². The van der Waals surface area contributed by atoms with Gasteiger partial charge in [0.25, 0.3) is 0 Å². The minimum absolute atomic E-state index is 0.543. The molecule has 0 atom stereocenters. The smallest absolute Gasteiger partial charge is 0.191 e. The van der Waals surface area contributed by atoms with E-state index in [1.54, 1.807) is 0 Å². The second-order valence-electron chi connectivity index (χ2n) is 6.69. The summed E-state index contributed by atoms with van der Waals surface area (Å²) < 4.78 is 11.1. The lowest BCUT2D eigenvalue weighted by molar-refractivity contribution is 0.144. The minimum Gasteiger partial charge on any atom is -0.493 e. The first-order chi connectivity index (χ1) is 12.7. The van der Waals surface area contributed by atoms with Gasteiger partial charge in [0.2, 0.25) is 0 Å². The van der Waals surface area contributed by atoms with Gasteiger partial charge >= 0.3 is 0 Å². The van der Waals surface area contributed by atoms with Crippen molar-refractivity contribution in [2.24, 2.45) is 10.9 Å². The molecule has 148 valence electrons. The number of aliphatic imine (C=N–C) groups is 1. The van der Waals surface area contributed by atoms with Gasteiger partial charge in [-0.3, -0.25) is 4.99 Å². The van der Waals surface area contributed by atoms with Crippen LogP contribution >= 0.6 is 0 Å². The average molecular weight is 364 g/mol. The molecular formula is C21H37N3O2. The zero-order chi connectivity index (χ0) is 19.0. The first-order valence-electron chi connectivity index (χ1n) is 9.97. The monoisotopic (exact) mass is 363 g/mol. The van der Waals surface area contributed by atoms with Crippen molar-refractivity contribution in [2.75, 3.05) is 39.5 Å². The largest absolute Gasteiger partial charge is 0.493 e. The van der Waals surface area contributed by atoms with Gasteiger partial charge in [-0.25, -0.2) is 0 Å². The summed E-state index contributed by atoms with van der Waals surface area (Å²) in [6.07, 6.45) is 3.07. The predicted octanol–water partition coefficient (Wildman–Crippen LogP) is 3.64. The normalized spacial score (nSPS) is 11.7. The lowest BCUT2D eigenvalue weighted by Gasteiger charge is -2.12. The Kier molecular flexibility index (Phi) is 12.4. The number of hydrogen-bond acceptors (Lipinski definition) is 3. The number of ether oxygens (including phenoxy) is 2. The van der Waals surface area contributed by atoms with Crippen LogP contribution in [0.25, 0.3) is 0 Å². The quantitative estimate of drug-likeness (QED) is 0.319. The number of rotatable bonds is 13. The first kappa shape index (κ1) is 22.3. The summed E-state index contributed by atoms with van der Waals surface area (Å²) in [7, 11) is 0. The molecule has 0 fully saturated rings. The maximum atomic E-state index is 5.72. The molecule has 0 amide bonds. The molecule has 0 bridgehead atoms. The molecular weight excluding hydrogens is 326 g/mol. The van der Waals surface area contributed by atoms with Crippen molar-refractivity contribution in [3.8, 4) is 5.75 Å². The van der Waals surface area contributed by atoms with E-state index in [-0.39, 0.29) is 0 Å². The number of guanidine groups is 1. The number of nitrogens with one attached hydrogen (secondary N) is 2. The summed E-state index contributed by atoms with van der Waals surface area (Å²) in [5.74, 6) is 2.37. The first-order valence-corrected chi connectivity index (χ1v) is 9.97. The maximum absolute atomic E-state index is 5.72. The molecule has 5 heteroatoms. The van der Waals surface area contributed by atoms with Crippen LogP contribution in [0.2, 0.25) is 0 Å². The molecule has 5 nitrogen and oxygen atoms in total. The highest BCUT2D eigenvalue weighted by Gasteiger charge is 2.00. The lowest BCUT2D eigenvalue weighted by Crippen LogP contribution is -2.38. The van der Waals surface area contributed by atoms with Crippen LogP contribution in [0.3, 0.4) is 0 Å². The Morgan fingerprint density at radius 2 is 1.85 bits per heavy atom. The van der Waals surface area contributed by atoms with Gasteiger partial charge in [0, 0.05) is 32.8 Å². The third kappa shape index (κ3) is 11.0. The van der Waals surface area contributed by atoms with E-state index in [0.29, 0.717) is 5.92 Å². The summed E-state index contributed by atoms with van der Waals surface area (Å²) in [6, 6.07) is 8.37. The number of nitrogens with zero attached hydrogens (tertiary/aromatic N) is 1. The van der Waals surface area contributed by atoms with Crippen molar-refractivity contribution in [2.45, 2.75) is 47.0 Å². The zero-order valence-electron chi connectivity index (χ0n) is 17.0. The molecule has 1 aromatic carbocycles. The molecule has 0 saturated carbocycles. The van der Waals surface area contributed by atoms with Gasteiger partial charge in [0.15, 0.2) is 5.96 Å². The van der Waals surface area contributed by atoms with Crippen molar-refractivity contribution < 1.29 is 9.47 Å². The lowest BCUT2D eigenvalue weighted by atomic mass is 10.1. The summed E-state index contributed by atoms with van der Waals surface area (Å²) in [4.78, 5) is 4.62. The zero-order valence-corrected chi connectivity index (χ0v) is 17.0. The fourth-order valence-corrected chi connectivity index (χ4v) is 2.33. The van der Waals surface area contributed by atoms with Crippen molar-refractivity contribution in [1.29, 1.82) is 0 Å². The number of hydrogen-bond donors (Lipinski definition) is 2. The van der Waals surface area contributed by atoms with E-state index in [4.69, 9.17) is 9.47 Å². The van der Waals surface area contributed by atoms with E-state index in [9.17, 15) is 0 Å². The summed E-state index contributed by atoms with van der Waals surface area (Å²) in [5.41, 5.74) is 1.29. The summed E-state index contributed by atoms with van der Waals surface area (Å²) >= 11 is 0. The molecule has 0 aliphatic heterocycles. The molecule has 1 rings (SSSR count). The van der Waals surface area contributed by atoms with Gasteiger partial charge in [-0.1, -0.05) is 26.0 Å². The number of unbranched alkanes of at least 4 members (excludes halogenated alkanes) is 1. The maximum Gasteiger partial charge on any atom is 0.191 e. The fourth-order valence-electron chi connectivity index (χ4n) is 2.33. The van der Waals surface area contributed by atoms with Crippen molar-refractivity contribution >= 4 is 5.96 Å². The van der Waals surface area contributed by atoms with Crippen molar-refractivity contribution in [1.82, 2.24) is 10.6 Å². The fraction of sp³-hybridized carbons (Fsp3) is 0.667. The van der Waals surface area contributed by atoms with Gasteiger partial charge in [0.05, 0.1) is 6.61 Å². The Morgan fingerprint density at radius 3 is 2.50 bits per heavy atom. The Hall–Kier alpha value is -1.75. The molecule has 2 N–H and O–H groups in total. The Labute approximate surface area is 159 Å². The minimum atomic E-state index is 0.543. The van der Waals surface area contributed by atoms with E-state index < -0.39 is 0 Å². The van der Waals surface area contributed by atoms with Crippen LogP contribution in [-0.4, -0.2) is 45.4 Å². The van der Waals surface area contributed by atoms with Crippen LogP contribution in [0, 0.1) is 5.92 Å². The molecule has 0 aromatic heterocycles. The Balaban J connectivity index is 2.30. The summed E-state index contributed by atoms with van der Waals surface area (Å²) in [5, 5.41) is 6.70.